The predicted molar refractivity (Wildman–Crippen MR) is 84.5 cm³/mol. The Morgan fingerprint density at radius 2 is 2.00 bits per heavy atom. The van der Waals surface area contributed by atoms with Crippen LogP contribution in [0.2, 0.25) is 0 Å². The van der Waals surface area contributed by atoms with E-state index in [4.69, 9.17) is 0 Å². The summed E-state index contributed by atoms with van der Waals surface area (Å²) in [5.41, 5.74) is 1.66. The van der Waals surface area contributed by atoms with Gasteiger partial charge in [-0.3, -0.25) is 9.59 Å². The zero-order chi connectivity index (χ0) is 14.5. The van der Waals surface area contributed by atoms with Gasteiger partial charge in [0.15, 0.2) is 0 Å². The molecule has 1 aromatic rings. The summed E-state index contributed by atoms with van der Waals surface area (Å²) in [7, 11) is 3.44. The monoisotopic (exact) mass is 311 g/mol. The van der Waals surface area contributed by atoms with E-state index < -0.39 is 0 Å². The molecular weight excluding hydrogens is 290 g/mol. The fourth-order valence-electron chi connectivity index (χ4n) is 2.43. The van der Waals surface area contributed by atoms with Crippen molar-refractivity contribution < 1.29 is 9.59 Å². The van der Waals surface area contributed by atoms with Gasteiger partial charge in [0.2, 0.25) is 5.91 Å². The summed E-state index contributed by atoms with van der Waals surface area (Å²) in [4.78, 5) is 25.4. The first-order chi connectivity index (χ1) is 9.61. The van der Waals surface area contributed by atoms with E-state index in [-0.39, 0.29) is 30.1 Å². The number of carbonyl (C=O) groups excluding carboxylic acids is 2. The van der Waals surface area contributed by atoms with Gasteiger partial charge in [-0.2, -0.15) is 0 Å². The van der Waals surface area contributed by atoms with Crippen molar-refractivity contribution in [1.82, 2.24) is 15.5 Å². The molecule has 21 heavy (non-hydrogen) atoms. The highest BCUT2D eigenvalue weighted by Gasteiger charge is 2.25. The Kier molecular flexibility index (Phi) is 6.65. The smallest absolute Gasteiger partial charge is 0.251 e. The quantitative estimate of drug-likeness (QED) is 0.873. The van der Waals surface area contributed by atoms with Crippen molar-refractivity contribution in [1.29, 1.82) is 0 Å². The minimum absolute atomic E-state index is 0. The lowest BCUT2D eigenvalue weighted by Crippen LogP contribution is -2.33. The first-order valence-corrected chi connectivity index (χ1v) is 6.88. The molecule has 6 heteroatoms. The van der Waals surface area contributed by atoms with Crippen molar-refractivity contribution in [3.63, 3.8) is 0 Å². The van der Waals surface area contributed by atoms with Crippen LogP contribution in [-0.4, -0.2) is 43.9 Å². The molecule has 2 rings (SSSR count). The summed E-state index contributed by atoms with van der Waals surface area (Å²) in [6.45, 7) is 2.27. The van der Waals surface area contributed by atoms with Gasteiger partial charge in [0.05, 0.1) is 5.92 Å². The summed E-state index contributed by atoms with van der Waals surface area (Å²) in [6.07, 6.45) is 0.915. The number of hydrogen-bond donors (Lipinski definition) is 2. The highest BCUT2D eigenvalue weighted by molar-refractivity contribution is 5.93. The largest absolute Gasteiger partial charge is 0.355 e. The summed E-state index contributed by atoms with van der Waals surface area (Å²) in [5.74, 6) is 0.188. The number of benzene rings is 1. The third kappa shape index (κ3) is 4.44. The number of nitrogens with zero attached hydrogens (tertiary/aromatic N) is 1. The van der Waals surface area contributed by atoms with E-state index in [0.29, 0.717) is 12.1 Å². The fourth-order valence-corrected chi connectivity index (χ4v) is 2.43. The van der Waals surface area contributed by atoms with Crippen LogP contribution in [0.1, 0.15) is 22.3 Å². The predicted octanol–water partition coefficient (Wildman–Crippen LogP) is 1.04. The third-order valence-electron chi connectivity index (χ3n) is 3.65. The van der Waals surface area contributed by atoms with E-state index in [1.165, 1.54) is 0 Å². The van der Waals surface area contributed by atoms with Crippen molar-refractivity contribution in [3.05, 3.63) is 35.4 Å². The normalized spacial score (nSPS) is 17.0. The molecule has 1 aromatic carbocycles. The van der Waals surface area contributed by atoms with Crippen LogP contribution < -0.4 is 10.6 Å². The average Bonchev–Trinajstić information content (AvgIpc) is 3.00. The number of nitrogens with one attached hydrogen (secondary N) is 2. The molecule has 0 radical (unpaired) electrons. The molecule has 116 valence electrons. The zero-order valence-corrected chi connectivity index (χ0v) is 13.2. The average molecular weight is 312 g/mol. The van der Waals surface area contributed by atoms with Gasteiger partial charge in [-0.15, -0.1) is 12.4 Å². The minimum atomic E-state index is -0.0991. The summed E-state index contributed by atoms with van der Waals surface area (Å²) in [6, 6.07) is 7.34. The Morgan fingerprint density at radius 1 is 1.33 bits per heavy atom. The molecule has 0 spiro atoms. The first-order valence-electron chi connectivity index (χ1n) is 6.88. The molecule has 2 amide bonds. The highest BCUT2D eigenvalue weighted by atomic mass is 35.5. The van der Waals surface area contributed by atoms with Crippen LogP contribution in [-0.2, 0) is 11.3 Å². The number of carbonyl (C=O) groups is 2. The molecule has 1 heterocycles. The summed E-state index contributed by atoms with van der Waals surface area (Å²) >= 11 is 0. The van der Waals surface area contributed by atoms with Crippen LogP contribution in [0, 0.1) is 5.92 Å². The van der Waals surface area contributed by atoms with Gasteiger partial charge in [-0.25, -0.2) is 0 Å². The molecule has 2 N–H and O–H groups in total. The maximum atomic E-state index is 12.2. The lowest BCUT2D eigenvalue weighted by Gasteiger charge is -2.20. The van der Waals surface area contributed by atoms with Crippen LogP contribution in [0.4, 0.5) is 0 Å². The highest BCUT2D eigenvalue weighted by Crippen LogP contribution is 2.13. The van der Waals surface area contributed by atoms with Gasteiger partial charge in [-0.05, 0) is 30.7 Å². The number of amides is 2. The zero-order valence-electron chi connectivity index (χ0n) is 12.4. The van der Waals surface area contributed by atoms with Crippen molar-refractivity contribution in [2.45, 2.75) is 13.0 Å². The molecule has 1 fully saturated rings. The Labute approximate surface area is 131 Å². The molecule has 5 nitrogen and oxygen atoms in total. The molecule has 1 aliphatic rings. The van der Waals surface area contributed by atoms with E-state index in [9.17, 15) is 9.59 Å². The van der Waals surface area contributed by atoms with Crippen LogP contribution >= 0.6 is 12.4 Å². The van der Waals surface area contributed by atoms with Crippen LogP contribution in [0.15, 0.2) is 24.3 Å². The van der Waals surface area contributed by atoms with Gasteiger partial charge in [-0.1, -0.05) is 12.1 Å². The lowest BCUT2D eigenvalue weighted by atomic mass is 10.1. The maximum Gasteiger partial charge on any atom is 0.251 e. The fraction of sp³-hybridized carbons (Fsp3) is 0.467. The van der Waals surface area contributed by atoms with E-state index in [1.807, 2.05) is 19.2 Å². The van der Waals surface area contributed by atoms with Crippen LogP contribution in [0.5, 0.6) is 0 Å². The maximum absolute atomic E-state index is 12.2. The molecule has 1 aliphatic heterocycles. The number of halogens is 1. The van der Waals surface area contributed by atoms with E-state index in [0.717, 1.165) is 25.1 Å². The molecule has 1 unspecified atom stereocenters. The third-order valence-corrected chi connectivity index (χ3v) is 3.65. The van der Waals surface area contributed by atoms with Crippen LogP contribution in [0.3, 0.4) is 0 Å². The molecule has 0 saturated carbocycles. The van der Waals surface area contributed by atoms with Gasteiger partial charge in [0, 0.05) is 32.7 Å². The Bertz CT molecular complexity index is 484. The number of hydrogen-bond acceptors (Lipinski definition) is 3. The summed E-state index contributed by atoms with van der Waals surface area (Å²) < 4.78 is 0. The molecule has 0 bridgehead atoms. The summed E-state index contributed by atoms with van der Waals surface area (Å²) in [5, 5.41) is 5.79. The van der Waals surface area contributed by atoms with E-state index in [1.54, 1.807) is 24.1 Å². The first kappa shape index (κ1) is 17.5. The second-order valence-corrected chi connectivity index (χ2v) is 5.16. The topological polar surface area (TPSA) is 61.4 Å². The van der Waals surface area contributed by atoms with Crippen molar-refractivity contribution in [2.75, 3.05) is 27.2 Å². The Hall–Kier alpha value is -1.59. The van der Waals surface area contributed by atoms with Crippen LogP contribution in [0.25, 0.3) is 0 Å². The van der Waals surface area contributed by atoms with Crippen molar-refractivity contribution in [2.24, 2.45) is 5.92 Å². The molecule has 0 aromatic heterocycles. The number of rotatable bonds is 4. The second-order valence-electron chi connectivity index (χ2n) is 5.16. The van der Waals surface area contributed by atoms with Crippen molar-refractivity contribution in [3.8, 4) is 0 Å². The Morgan fingerprint density at radius 3 is 2.52 bits per heavy atom. The molecule has 1 atom stereocenters. The SMILES string of the molecule is CNC(=O)c1ccc(CN(C)C(=O)C2CCNC2)cc1.Cl. The van der Waals surface area contributed by atoms with E-state index >= 15 is 0 Å². The van der Waals surface area contributed by atoms with Crippen molar-refractivity contribution >= 4 is 24.2 Å². The van der Waals surface area contributed by atoms with Gasteiger partial charge >= 0.3 is 0 Å². The standard InChI is InChI=1S/C15H21N3O2.ClH/c1-16-14(19)12-5-3-11(4-6-12)10-18(2)15(20)13-7-8-17-9-13;/h3-6,13,17H,7-10H2,1-2H3,(H,16,19);1H. The molecule has 0 aliphatic carbocycles. The lowest BCUT2D eigenvalue weighted by molar-refractivity contribution is -0.134. The minimum Gasteiger partial charge on any atom is -0.355 e. The van der Waals surface area contributed by atoms with Gasteiger partial charge in [0.1, 0.15) is 0 Å². The Balaban J connectivity index is 0.00000220. The van der Waals surface area contributed by atoms with Gasteiger partial charge < -0.3 is 15.5 Å². The molecule has 1 saturated heterocycles. The second kappa shape index (κ2) is 8.00. The van der Waals surface area contributed by atoms with E-state index in [2.05, 4.69) is 10.6 Å². The van der Waals surface area contributed by atoms with Gasteiger partial charge in [0.25, 0.3) is 5.91 Å². The molecular formula is C15H22ClN3O2.